The van der Waals surface area contributed by atoms with Crippen LogP contribution in [0.25, 0.3) is 0 Å². The Balaban J connectivity index is 1.78. The lowest BCUT2D eigenvalue weighted by Gasteiger charge is -2.07. The molecule has 0 spiro atoms. The zero-order valence-corrected chi connectivity index (χ0v) is 11.3. The first kappa shape index (κ1) is 12.1. The van der Waals surface area contributed by atoms with Crippen molar-refractivity contribution in [2.24, 2.45) is 0 Å². The van der Waals surface area contributed by atoms with Crippen LogP contribution in [0.5, 0.6) is 0 Å². The Morgan fingerprint density at radius 2 is 2.29 bits per heavy atom. The molecule has 90 valence electrons. The number of nitrogens with zero attached hydrogens (tertiary/aromatic N) is 2. The summed E-state index contributed by atoms with van der Waals surface area (Å²) in [5.41, 5.74) is 1.15. The van der Waals surface area contributed by atoms with Gasteiger partial charge in [-0.1, -0.05) is 0 Å². The molecule has 0 saturated carbocycles. The van der Waals surface area contributed by atoms with Crippen LogP contribution >= 0.6 is 15.9 Å². The second kappa shape index (κ2) is 5.82. The number of hydrogen-bond acceptors (Lipinski definition) is 3. The van der Waals surface area contributed by atoms with Crippen molar-refractivity contribution in [1.29, 1.82) is 0 Å². The minimum atomic E-state index is 0.884. The van der Waals surface area contributed by atoms with Crippen molar-refractivity contribution in [3.8, 4) is 0 Å². The molecule has 5 heteroatoms. The van der Waals surface area contributed by atoms with Crippen LogP contribution in [0.4, 0.5) is 5.82 Å². The number of halogens is 1. The van der Waals surface area contributed by atoms with Crippen LogP contribution in [0.15, 0.2) is 29.1 Å². The average molecular weight is 295 g/mol. The largest absolute Gasteiger partial charge is 0.369 e. The van der Waals surface area contributed by atoms with E-state index in [9.17, 15) is 0 Å². The van der Waals surface area contributed by atoms with E-state index in [1.165, 1.54) is 0 Å². The Hall–Kier alpha value is -1.36. The monoisotopic (exact) mass is 294 g/mol. The van der Waals surface area contributed by atoms with Crippen LogP contribution in [-0.4, -0.2) is 21.5 Å². The second-order valence-corrected chi connectivity index (χ2v) is 4.76. The first-order valence-corrected chi connectivity index (χ1v) is 6.39. The molecule has 0 aliphatic rings. The SMILES string of the molecule is Cc1cnc(NCCCc2ncc[nH]2)c(Br)c1. The van der Waals surface area contributed by atoms with Crippen molar-refractivity contribution in [3.63, 3.8) is 0 Å². The quantitative estimate of drug-likeness (QED) is 0.834. The number of hydrogen-bond donors (Lipinski definition) is 2. The Bertz CT molecular complexity index is 467. The number of H-pyrrole nitrogens is 1. The number of aromatic amines is 1. The van der Waals surface area contributed by atoms with Crippen LogP contribution in [0.1, 0.15) is 17.8 Å². The minimum absolute atomic E-state index is 0.884. The van der Waals surface area contributed by atoms with Crippen molar-refractivity contribution in [3.05, 3.63) is 40.5 Å². The minimum Gasteiger partial charge on any atom is -0.369 e. The Kier molecular flexibility index (Phi) is 4.14. The van der Waals surface area contributed by atoms with E-state index in [-0.39, 0.29) is 0 Å². The molecule has 0 unspecified atom stereocenters. The maximum atomic E-state index is 4.33. The Morgan fingerprint density at radius 3 is 3.00 bits per heavy atom. The lowest BCUT2D eigenvalue weighted by molar-refractivity contribution is 0.813. The van der Waals surface area contributed by atoms with Crippen LogP contribution in [-0.2, 0) is 6.42 Å². The molecule has 2 N–H and O–H groups in total. The molecule has 2 heterocycles. The summed E-state index contributed by atoms with van der Waals surface area (Å²) in [5, 5.41) is 3.30. The summed E-state index contributed by atoms with van der Waals surface area (Å²) in [6.07, 6.45) is 7.46. The number of aryl methyl sites for hydroxylation is 2. The molecule has 0 aliphatic carbocycles. The highest BCUT2D eigenvalue weighted by Gasteiger charge is 2.01. The lowest BCUT2D eigenvalue weighted by atomic mass is 10.3. The molecule has 0 radical (unpaired) electrons. The van der Waals surface area contributed by atoms with Gasteiger partial charge in [0, 0.05) is 31.6 Å². The normalized spacial score (nSPS) is 10.5. The molecule has 4 nitrogen and oxygen atoms in total. The number of pyridine rings is 1. The van der Waals surface area contributed by atoms with Crippen LogP contribution in [0, 0.1) is 6.92 Å². The third kappa shape index (κ3) is 3.56. The van der Waals surface area contributed by atoms with Gasteiger partial charge in [0.1, 0.15) is 11.6 Å². The van der Waals surface area contributed by atoms with E-state index < -0.39 is 0 Å². The Labute approximate surface area is 109 Å². The lowest BCUT2D eigenvalue weighted by Crippen LogP contribution is -2.05. The number of imidazole rings is 1. The predicted octanol–water partition coefficient (Wildman–Crippen LogP) is 2.92. The summed E-state index contributed by atoms with van der Waals surface area (Å²) in [5.74, 6) is 1.93. The van der Waals surface area contributed by atoms with Gasteiger partial charge in [-0.15, -0.1) is 0 Å². The van der Waals surface area contributed by atoms with E-state index in [2.05, 4.69) is 42.3 Å². The van der Waals surface area contributed by atoms with Gasteiger partial charge in [0.15, 0.2) is 0 Å². The molecule has 0 amide bonds. The molecule has 0 atom stereocenters. The van der Waals surface area contributed by atoms with E-state index in [1.54, 1.807) is 6.20 Å². The third-order valence-corrected chi connectivity index (χ3v) is 3.02. The molecule has 2 rings (SSSR count). The van der Waals surface area contributed by atoms with Crippen molar-refractivity contribution in [2.45, 2.75) is 19.8 Å². The summed E-state index contributed by atoms with van der Waals surface area (Å²) in [4.78, 5) is 11.6. The van der Waals surface area contributed by atoms with Gasteiger partial charge in [-0.05, 0) is 40.9 Å². The van der Waals surface area contributed by atoms with Crippen LogP contribution in [0.2, 0.25) is 0 Å². The first-order valence-electron chi connectivity index (χ1n) is 5.60. The van der Waals surface area contributed by atoms with E-state index in [0.717, 1.165) is 41.1 Å². The van der Waals surface area contributed by atoms with Crippen LogP contribution < -0.4 is 5.32 Å². The highest BCUT2D eigenvalue weighted by molar-refractivity contribution is 9.10. The van der Waals surface area contributed by atoms with Gasteiger partial charge in [-0.25, -0.2) is 9.97 Å². The molecule has 0 fully saturated rings. The average Bonchev–Trinajstić information content (AvgIpc) is 2.79. The molecule has 2 aromatic heterocycles. The maximum absolute atomic E-state index is 4.33. The topological polar surface area (TPSA) is 53.6 Å². The zero-order valence-electron chi connectivity index (χ0n) is 9.70. The molecule has 17 heavy (non-hydrogen) atoms. The van der Waals surface area contributed by atoms with Gasteiger partial charge < -0.3 is 10.3 Å². The second-order valence-electron chi connectivity index (χ2n) is 3.91. The van der Waals surface area contributed by atoms with E-state index in [1.807, 2.05) is 19.3 Å². The van der Waals surface area contributed by atoms with Crippen molar-refractivity contribution < 1.29 is 0 Å². The number of anilines is 1. The Morgan fingerprint density at radius 1 is 1.41 bits per heavy atom. The van der Waals surface area contributed by atoms with Crippen molar-refractivity contribution in [1.82, 2.24) is 15.0 Å². The van der Waals surface area contributed by atoms with Gasteiger partial charge in [-0.2, -0.15) is 0 Å². The maximum Gasteiger partial charge on any atom is 0.140 e. The first-order chi connectivity index (χ1) is 8.25. The fraction of sp³-hybridized carbons (Fsp3) is 0.333. The molecule has 0 bridgehead atoms. The van der Waals surface area contributed by atoms with E-state index in [0.29, 0.717) is 0 Å². The van der Waals surface area contributed by atoms with Gasteiger partial charge in [0.25, 0.3) is 0 Å². The summed E-state index contributed by atoms with van der Waals surface area (Å²) >= 11 is 3.49. The highest BCUT2D eigenvalue weighted by atomic mass is 79.9. The van der Waals surface area contributed by atoms with Crippen LogP contribution in [0.3, 0.4) is 0 Å². The summed E-state index contributed by atoms with van der Waals surface area (Å²) in [6, 6.07) is 2.06. The summed E-state index contributed by atoms with van der Waals surface area (Å²) in [6.45, 7) is 2.91. The van der Waals surface area contributed by atoms with Gasteiger partial charge >= 0.3 is 0 Å². The molecule has 0 saturated heterocycles. The van der Waals surface area contributed by atoms with Gasteiger partial charge in [0.05, 0.1) is 4.47 Å². The van der Waals surface area contributed by atoms with E-state index in [4.69, 9.17) is 0 Å². The molecular weight excluding hydrogens is 280 g/mol. The summed E-state index contributed by atoms with van der Waals surface area (Å²) in [7, 11) is 0. The highest BCUT2D eigenvalue weighted by Crippen LogP contribution is 2.20. The van der Waals surface area contributed by atoms with Gasteiger partial charge in [-0.3, -0.25) is 0 Å². The number of nitrogens with one attached hydrogen (secondary N) is 2. The number of aromatic nitrogens is 3. The smallest absolute Gasteiger partial charge is 0.140 e. The predicted molar refractivity (Wildman–Crippen MR) is 72.1 cm³/mol. The standard InChI is InChI=1S/C12H15BrN4/c1-9-7-10(13)12(17-8-9)16-4-2-3-11-14-5-6-15-11/h5-8H,2-4H2,1H3,(H,14,15)(H,16,17). The number of rotatable bonds is 5. The fourth-order valence-corrected chi connectivity index (χ4v) is 2.16. The molecule has 0 aliphatic heterocycles. The fourth-order valence-electron chi connectivity index (χ4n) is 1.56. The van der Waals surface area contributed by atoms with Crippen molar-refractivity contribution in [2.75, 3.05) is 11.9 Å². The van der Waals surface area contributed by atoms with Crippen molar-refractivity contribution >= 4 is 21.7 Å². The zero-order chi connectivity index (χ0) is 12.1. The van der Waals surface area contributed by atoms with E-state index >= 15 is 0 Å². The van der Waals surface area contributed by atoms with Gasteiger partial charge in [0.2, 0.25) is 0 Å². The molecule has 0 aromatic carbocycles. The molecule has 2 aromatic rings. The molecular formula is C12H15BrN4. The summed E-state index contributed by atoms with van der Waals surface area (Å²) < 4.78 is 1.01. The third-order valence-electron chi connectivity index (χ3n) is 2.42.